The Morgan fingerprint density at radius 1 is 1.39 bits per heavy atom. The summed E-state index contributed by atoms with van der Waals surface area (Å²) in [5.74, 6) is -0.167. The normalized spacial score (nSPS) is 10.4. The Hall–Kier alpha value is -2.14. The second kappa shape index (κ2) is 5.01. The number of nitrogens with one attached hydrogen (secondary N) is 2. The minimum absolute atomic E-state index is 0.167. The summed E-state index contributed by atoms with van der Waals surface area (Å²) in [5, 5.41) is 9.67. The van der Waals surface area contributed by atoms with E-state index in [0.29, 0.717) is 17.8 Å². The highest BCUT2D eigenvalue weighted by molar-refractivity contribution is 6.06. The van der Waals surface area contributed by atoms with E-state index in [1.165, 1.54) is 0 Å². The van der Waals surface area contributed by atoms with Crippen LogP contribution < -0.4 is 11.1 Å². The van der Waals surface area contributed by atoms with E-state index in [1.807, 2.05) is 31.2 Å². The number of benzene rings is 1. The number of aryl methyl sites for hydroxylation is 2. The molecule has 1 amide bonds. The number of amides is 1. The van der Waals surface area contributed by atoms with Crippen LogP contribution in [0.1, 0.15) is 27.3 Å². The number of para-hydroxylation sites is 1. The van der Waals surface area contributed by atoms with Gasteiger partial charge in [-0.05, 0) is 25.5 Å². The molecule has 0 aliphatic carbocycles. The molecular weight excluding hydrogens is 228 g/mol. The van der Waals surface area contributed by atoms with Crippen LogP contribution in [0.4, 0.5) is 5.69 Å². The molecule has 1 heterocycles. The number of hydrogen-bond donors (Lipinski definition) is 3. The molecular formula is C13H16N4O. The first-order valence-electron chi connectivity index (χ1n) is 5.74. The van der Waals surface area contributed by atoms with Crippen LogP contribution in [0.25, 0.3) is 0 Å². The molecule has 5 heteroatoms. The average Bonchev–Trinajstić information content (AvgIpc) is 2.69. The first kappa shape index (κ1) is 12.3. The van der Waals surface area contributed by atoms with E-state index < -0.39 is 0 Å². The van der Waals surface area contributed by atoms with Gasteiger partial charge in [0.05, 0.1) is 11.3 Å². The number of hydrogen-bond acceptors (Lipinski definition) is 3. The molecule has 0 aliphatic heterocycles. The van der Waals surface area contributed by atoms with E-state index in [2.05, 4.69) is 15.5 Å². The number of nitrogens with two attached hydrogens (primary N) is 1. The number of carbonyl (C=O) groups excluding carboxylic acids is 1. The second-order valence-electron chi connectivity index (χ2n) is 4.12. The quantitative estimate of drug-likeness (QED) is 0.769. The van der Waals surface area contributed by atoms with Crippen LogP contribution >= 0.6 is 0 Å². The highest BCUT2D eigenvalue weighted by Crippen LogP contribution is 2.17. The second-order valence-corrected chi connectivity index (χ2v) is 4.12. The van der Waals surface area contributed by atoms with Crippen molar-refractivity contribution in [2.75, 3.05) is 5.32 Å². The summed E-state index contributed by atoms with van der Waals surface area (Å²) in [6.07, 6.45) is 0. The van der Waals surface area contributed by atoms with Gasteiger partial charge >= 0.3 is 0 Å². The maximum Gasteiger partial charge on any atom is 0.259 e. The van der Waals surface area contributed by atoms with Crippen molar-refractivity contribution in [1.82, 2.24) is 10.2 Å². The number of H-pyrrole nitrogens is 1. The van der Waals surface area contributed by atoms with Crippen molar-refractivity contribution in [3.8, 4) is 0 Å². The number of carbonyl (C=O) groups is 1. The van der Waals surface area contributed by atoms with Crippen LogP contribution in [0, 0.1) is 13.8 Å². The predicted octanol–water partition coefficient (Wildman–Crippen LogP) is 1.74. The molecule has 94 valence electrons. The molecule has 1 aromatic heterocycles. The van der Waals surface area contributed by atoms with E-state index in [0.717, 1.165) is 16.9 Å². The average molecular weight is 244 g/mol. The number of aromatic amines is 1. The Morgan fingerprint density at radius 3 is 2.72 bits per heavy atom. The van der Waals surface area contributed by atoms with Gasteiger partial charge in [-0.1, -0.05) is 18.2 Å². The number of anilines is 1. The summed E-state index contributed by atoms with van der Waals surface area (Å²) in [7, 11) is 0. The largest absolute Gasteiger partial charge is 0.326 e. The lowest BCUT2D eigenvalue weighted by molar-refractivity contribution is 0.102. The zero-order valence-electron chi connectivity index (χ0n) is 10.4. The molecule has 0 bridgehead atoms. The van der Waals surface area contributed by atoms with Gasteiger partial charge in [-0.3, -0.25) is 9.89 Å². The third-order valence-corrected chi connectivity index (χ3v) is 2.84. The van der Waals surface area contributed by atoms with Crippen molar-refractivity contribution < 1.29 is 4.79 Å². The van der Waals surface area contributed by atoms with Crippen molar-refractivity contribution in [3.63, 3.8) is 0 Å². The highest BCUT2D eigenvalue weighted by atomic mass is 16.1. The van der Waals surface area contributed by atoms with E-state index in [1.54, 1.807) is 6.92 Å². The molecule has 0 saturated heterocycles. The van der Waals surface area contributed by atoms with Gasteiger partial charge in [0.2, 0.25) is 0 Å². The smallest absolute Gasteiger partial charge is 0.259 e. The van der Waals surface area contributed by atoms with Crippen LogP contribution in [-0.2, 0) is 6.54 Å². The Kier molecular flexibility index (Phi) is 3.43. The zero-order valence-corrected chi connectivity index (χ0v) is 10.4. The molecule has 0 unspecified atom stereocenters. The molecule has 0 saturated carbocycles. The van der Waals surface area contributed by atoms with E-state index in [4.69, 9.17) is 5.73 Å². The Balaban J connectivity index is 2.27. The van der Waals surface area contributed by atoms with Gasteiger partial charge in [-0.15, -0.1) is 0 Å². The maximum atomic E-state index is 12.2. The third kappa shape index (κ3) is 2.26. The van der Waals surface area contributed by atoms with Crippen LogP contribution in [0.5, 0.6) is 0 Å². The van der Waals surface area contributed by atoms with Gasteiger partial charge in [0.15, 0.2) is 0 Å². The lowest BCUT2D eigenvalue weighted by Crippen LogP contribution is -2.15. The maximum absolute atomic E-state index is 12.2. The molecule has 0 atom stereocenters. The molecule has 0 aliphatic rings. The standard InChI is InChI=1S/C13H16N4O/c1-8-12(9(2)17-16-8)13(18)15-11-6-4-3-5-10(11)7-14/h3-6H,7,14H2,1-2H3,(H,15,18)(H,16,17). The SMILES string of the molecule is Cc1n[nH]c(C)c1C(=O)Nc1ccccc1CN. The minimum atomic E-state index is -0.167. The van der Waals surface area contributed by atoms with E-state index >= 15 is 0 Å². The van der Waals surface area contributed by atoms with Crippen LogP contribution in [-0.4, -0.2) is 16.1 Å². The Morgan fingerprint density at radius 2 is 2.11 bits per heavy atom. The van der Waals surface area contributed by atoms with Crippen molar-refractivity contribution in [2.24, 2.45) is 5.73 Å². The van der Waals surface area contributed by atoms with Gasteiger partial charge in [0.1, 0.15) is 0 Å². The zero-order chi connectivity index (χ0) is 13.1. The monoisotopic (exact) mass is 244 g/mol. The minimum Gasteiger partial charge on any atom is -0.326 e. The number of rotatable bonds is 3. The first-order valence-corrected chi connectivity index (χ1v) is 5.74. The third-order valence-electron chi connectivity index (χ3n) is 2.84. The van der Waals surface area contributed by atoms with Gasteiger partial charge < -0.3 is 11.1 Å². The van der Waals surface area contributed by atoms with Crippen molar-refractivity contribution in [2.45, 2.75) is 20.4 Å². The summed E-state index contributed by atoms with van der Waals surface area (Å²) >= 11 is 0. The molecule has 4 N–H and O–H groups in total. The lowest BCUT2D eigenvalue weighted by atomic mass is 10.1. The van der Waals surface area contributed by atoms with Crippen molar-refractivity contribution in [3.05, 3.63) is 46.8 Å². The number of nitrogens with zero attached hydrogens (tertiary/aromatic N) is 1. The summed E-state index contributed by atoms with van der Waals surface area (Å²) < 4.78 is 0. The molecule has 18 heavy (non-hydrogen) atoms. The number of aromatic nitrogens is 2. The van der Waals surface area contributed by atoms with Gasteiger partial charge in [0, 0.05) is 17.9 Å². The van der Waals surface area contributed by atoms with Gasteiger partial charge in [-0.2, -0.15) is 5.10 Å². The molecule has 5 nitrogen and oxygen atoms in total. The topological polar surface area (TPSA) is 83.8 Å². The Bertz CT molecular complexity index is 555. The molecule has 2 rings (SSSR count). The highest BCUT2D eigenvalue weighted by Gasteiger charge is 2.16. The molecule has 2 aromatic rings. The van der Waals surface area contributed by atoms with E-state index in [-0.39, 0.29) is 5.91 Å². The molecule has 0 spiro atoms. The summed E-state index contributed by atoms with van der Waals surface area (Å²) in [5.41, 5.74) is 9.32. The fourth-order valence-electron chi connectivity index (χ4n) is 1.89. The lowest BCUT2D eigenvalue weighted by Gasteiger charge is -2.09. The van der Waals surface area contributed by atoms with Gasteiger partial charge in [-0.25, -0.2) is 0 Å². The summed E-state index contributed by atoms with van der Waals surface area (Å²) in [6.45, 7) is 4.01. The fourth-order valence-corrected chi connectivity index (χ4v) is 1.89. The molecule has 0 radical (unpaired) electrons. The van der Waals surface area contributed by atoms with Gasteiger partial charge in [0.25, 0.3) is 5.91 Å². The van der Waals surface area contributed by atoms with Crippen molar-refractivity contribution in [1.29, 1.82) is 0 Å². The molecule has 1 aromatic carbocycles. The van der Waals surface area contributed by atoms with Crippen LogP contribution in [0.2, 0.25) is 0 Å². The van der Waals surface area contributed by atoms with Crippen LogP contribution in [0.3, 0.4) is 0 Å². The molecule has 0 fully saturated rings. The summed E-state index contributed by atoms with van der Waals surface area (Å²) in [6, 6.07) is 7.49. The summed E-state index contributed by atoms with van der Waals surface area (Å²) in [4.78, 5) is 12.2. The Labute approximate surface area is 105 Å². The van der Waals surface area contributed by atoms with Crippen LogP contribution in [0.15, 0.2) is 24.3 Å². The van der Waals surface area contributed by atoms with E-state index in [9.17, 15) is 4.79 Å². The fraction of sp³-hybridized carbons (Fsp3) is 0.231. The van der Waals surface area contributed by atoms with Crippen molar-refractivity contribution >= 4 is 11.6 Å². The first-order chi connectivity index (χ1) is 8.63. The predicted molar refractivity (Wildman–Crippen MR) is 70.3 cm³/mol.